The first-order valence-electron chi connectivity index (χ1n) is 2.47. The maximum absolute atomic E-state index is 12.1. The van der Waals surface area contributed by atoms with Crippen LogP contribution in [0.1, 0.15) is 6.92 Å². The first-order valence-corrected chi connectivity index (χ1v) is 2.47. The second-order valence-corrected chi connectivity index (χ2v) is 1.45. The molecule has 0 heterocycles. The zero-order chi connectivity index (χ0) is 8.15. The summed E-state index contributed by atoms with van der Waals surface area (Å²) in [5.74, 6) is -2.08. The third-order valence-electron chi connectivity index (χ3n) is 0.656. The van der Waals surface area contributed by atoms with Gasteiger partial charge in [0.15, 0.2) is 0 Å². The summed E-state index contributed by atoms with van der Waals surface area (Å²) < 4.78 is 19.9. The van der Waals surface area contributed by atoms with E-state index in [1.165, 1.54) is 0 Å². The summed E-state index contributed by atoms with van der Waals surface area (Å²) in [4.78, 5) is 20.2. The maximum Gasteiger partial charge on any atom is 0.381 e. The van der Waals surface area contributed by atoms with Crippen LogP contribution < -0.4 is 0 Å². The molecule has 0 aliphatic rings. The number of carbonyl (C=O) groups is 2. The molecule has 0 saturated heterocycles. The van der Waals surface area contributed by atoms with Crippen LogP contribution in [0.3, 0.4) is 0 Å². The molecule has 0 saturated carbocycles. The minimum atomic E-state index is -2.30. The Kier molecular flexibility index (Phi) is 3.38. The molecule has 0 spiro atoms. The first-order chi connectivity index (χ1) is 4.57. The van der Waals surface area contributed by atoms with Crippen molar-refractivity contribution in [2.24, 2.45) is 0 Å². The molecule has 0 N–H and O–H groups in total. The Morgan fingerprint density at radius 3 is 2.30 bits per heavy atom. The summed E-state index contributed by atoms with van der Waals surface area (Å²) in [6.07, 6.45) is -2.30. The molecule has 0 aliphatic heterocycles. The number of hydrogen-bond donors (Lipinski definition) is 0. The van der Waals surface area contributed by atoms with E-state index in [-0.39, 0.29) is 0 Å². The summed E-state index contributed by atoms with van der Waals surface area (Å²) in [7, 11) is 0.998. The van der Waals surface area contributed by atoms with Crippen molar-refractivity contribution in [2.75, 3.05) is 7.11 Å². The van der Waals surface area contributed by atoms with Crippen molar-refractivity contribution in [3.63, 3.8) is 0 Å². The van der Waals surface area contributed by atoms with Crippen LogP contribution in [0.5, 0.6) is 0 Å². The minimum absolute atomic E-state index is 0.863. The predicted octanol–water partition coefficient (Wildman–Crippen LogP) is 0.0181. The van der Waals surface area contributed by atoms with Crippen molar-refractivity contribution in [1.82, 2.24) is 0 Å². The topological polar surface area (TPSA) is 52.6 Å². The van der Waals surface area contributed by atoms with Gasteiger partial charge in [-0.3, -0.25) is 4.79 Å². The molecule has 0 aromatic rings. The number of esters is 2. The highest BCUT2D eigenvalue weighted by molar-refractivity contribution is 5.76. The van der Waals surface area contributed by atoms with Crippen LogP contribution in [0.25, 0.3) is 0 Å². The summed E-state index contributed by atoms with van der Waals surface area (Å²) in [6.45, 7) is 0.996. The van der Waals surface area contributed by atoms with Crippen LogP contribution in [0.4, 0.5) is 4.39 Å². The van der Waals surface area contributed by atoms with Gasteiger partial charge in [-0.1, -0.05) is 0 Å². The van der Waals surface area contributed by atoms with Crippen LogP contribution >= 0.6 is 0 Å². The Labute approximate surface area is 56.9 Å². The molecule has 0 aromatic heterocycles. The molecule has 0 fully saturated rings. The molecule has 0 bridgehead atoms. The van der Waals surface area contributed by atoms with E-state index in [0.717, 1.165) is 14.0 Å². The van der Waals surface area contributed by atoms with Gasteiger partial charge in [0.05, 0.1) is 7.11 Å². The highest BCUT2D eigenvalue weighted by Gasteiger charge is 2.19. The van der Waals surface area contributed by atoms with E-state index in [0.29, 0.717) is 0 Å². The summed E-state index contributed by atoms with van der Waals surface area (Å²) in [5, 5.41) is 0. The number of ether oxygens (including phenoxy) is 2. The van der Waals surface area contributed by atoms with E-state index in [4.69, 9.17) is 0 Å². The highest BCUT2D eigenvalue weighted by atomic mass is 19.1. The van der Waals surface area contributed by atoms with Gasteiger partial charge in [0.1, 0.15) is 0 Å². The molecular weight excluding hydrogens is 143 g/mol. The van der Waals surface area contributed by atoms with Gasteiger partial charge >= 0.3 is 18.3 Å². The lowest BCUT2D eigenvalue weighted by molar-refractivity contribution is -0.176. The standard InChI is InChI=1S/C5H7FO4/c1-3(7)10-4(6)5(8)9-2/h4H,1-2H3. The van der Waals surface area contributed by atoms with Gasteiger partial charge in [0.25, 0.3) is 0 Å². The van der Waals surface area contributed by atoms with E-state index < -0.39 is 18.3 Å². The van der Waals surface area contributed by atoms with Gasteiger partial charge in [-0.25, -0.2) is 4.79 Å². The van der Waals surface area contributed by atoms with Crippen LogP contribution in [0, 0.1) is 0 Å². The monoisotopic (exact) mass is 150 g/mol. The Bertz CT molecular complexity index is 145. The van der Waals surface area contributed by atoms with E-state index in [2.05, 4.69) is 9.47 Å². The Morgan fingerprint density at radius 1 is 1.50 bits per heavy atom. The molecule has 1 atom stereocenters. The lowest BCUT2D eigenvalue weighted by Crippen LogP contribution is -2.22. The zero-order valence-corrected chi connectivity index (χ0v) is 5.59. The van der Waals surface area contributed by atoms with E-state index in [9.17, 15) is 14.0 Å². The zero-order valence-electron chi connectivity index (χ0n) is 5.59. The van der Waals surface area contributed by atoms with Gasteiger partial charge in [-0.2, -0.15) is 4.39 Å². The average Bonchev–Trinajstić information content (AvgIpc) is 1.85. The lowest BCUT2D eigenvalue weighted by Gasteiger charge is -2.03. The fourth-order valence-corrected chi connectivity index (χ4v) is 0.286. The second-order valence-electron chi connectivity index (χ2n) is 1.45. The third kappa shape index (κ3) is 3.01. The predicted molar refractivity (Wildman–Crippen MR) is 28.7 cm³/mol. The van der Waals surface area contributed by atoms with Crippen LogP contribution in [-0.4, -0.2) is 25.4 Å². The van der Waals surface area contributed by atoms with Crippen molar-refractivity contribution in [3.8, 4) is 0 Å². The number of carbonyl (C=O) groups excluding carboxylic acids is 2. The Morgan fingerprint density at radius 2 is 2.00 bits per heavy atom. The number of methoxy groups -OCH3 is 1. The van der Waals surface area contributed by atoms with Crippen LogP contribution in [0.2, 0.25) is 0 Å². The van der Waals surface area contributed by atoms with Crippen molar-refractivity contribution in [1.29, 1.82) is 0 Å². The molecular formula is C5H7FO4. The smallest absolute Gasteiger partial charge is 0.381 e. The minimum Gasteiger partial charge on any atom is -0.464 e. The van der Waals surface area contributed by atoms with Crippen LogP contribution in [-0.2, 0) is 19.1 Å². The molecule has 0 aliphatic carbocycles. The van der Waals surface area contributed by atoms with Crippen molar-refractivity contribution in [2.45, 2.75) is 13.3 Å². The highest BCUT2D eigenvalue weighted by Crippen LogP contribution is 1.95. The molecule has 5 heteroatoms. The van der Waals surface area contributed by atoms with Crippen molar-refractivity contribution in [3.05, 3.63) is 0 Å². The van der Waals surface area contributed by atoms with E-state index in [1.807, 2.05) is 0 Å². The van der Waals surface area contributed by atoms with Gasteiger partial charge in [0.2, 0.25) is 0 Å². The van der Waals surface area contributed by atoms with Gasteiger partial charge in [-0.15, -0.1) is 0 Å². The normalized spacial score (nSPS) is 11.9. The number of hydrogen-bond acceptors (Lipinski definition) is 4. The molecule has 58 valence electrons. The fraction of sp³-hybridized carbons (Fsp3) is 0.600. The molecule has 4 nitrogen and oxygen atoms in total. The van der Waals surface area contributed by atoms with E-state index in [1.54, 1.807) is 0 Å². The molecule has 0 aromatic carbocycles. The van der Waals surface area contributed by atoms with Crippen molar-refractivity contribution < 1.29 is 23.5 Å². The summed E-state index contributed by atoms with van der Waals surface area (Å²) >= 11 is 0. The van der Waals surface area contributed by atoms with Crippen molar-refractivity contribution >= 4 is 11.9 Å². The number of rotatable bonds is 2. The summed E-state index contributed by atoms with van der Waals surface area (Å²) in [6, 6.07) is 0. The maximum atomic E-state index is 12.1. The molecule has 1 unspecified atom stereocenters. The Hall–Kier alpha value is -1.13. The average molecular weight is 150 g/mol. The van der Waals surface area contributed by atoms with Gasteiger partial charge in [-0.05, 0) is 0 Å². The summed E-state index contributed by atoms with van der Waals surface area (Å²) in [5.41, 5.74) is 0. The van der Waals surface area contributed by atoms with Gasteiger partial charge < -0.3 is 9.47 Å². The van der Waals surface area contributed by atoms with E-state index >= 15 is 0 Å². The number of alkyl halides is 1. The largest absolute Gasteiger partial charge is 0.464 e. The number of halogens is 1. The molecule has 10 heavy (non-hydrogen) atoms. The second kappa shape index (κ2) is 3.81. The lowest BCUT2D eigenvalue weighted by atomic mass is 10.7. The molecule has 0 radical (unpaired) electrons. The van der Waals surface area contributed by atoms with Gasteiger partial charge in [0, 0.05) is 6.92 Å². The fourth-order valence-electron chi connectivity index (χ4n) is 0.286. The quantitative estimate of drug-likeness (QED) is 0.520. The Balaban J connectivity index is 3.72. The molecule has 0 rings (SSSR count). The molecule has 0 amide bonds. The third-order valence-corrected chi connectivity index (χ3v) is 0.656. The first kappa shape index (κ1) is 8.87. The van der Waals surface area contributed by atoms with Crippen LogP contribution in [0.15, 0.2) is 0 Å². The SMILES string of the molecule is COC(=O)C(F)OC(C)=O.